The minimum atomic E-state index is 0.397. The van der Waals surface area contributed by atoms with E-state index >= 15 is 0 Å². The molecule has 0 aromatic rings. The summed E-state index contributed by atoms with van der Waals surface area (Å²) in [5, 5.41) is 3.55. The minimum absolute atomic E-state index is 0.397. The van der Waals surface area contributed by atoms with Crippen molar-refractivity contribution in [2.75, 3.05) is 26.2 Å². The maximum Gasteiger partial charge on any atom is 0.0781 e. The molecular formula is C33H51N3S. The molecule has 3 saturated carbocycles. The van der Waals surface area contributed by atoms with E-state index in [9.17, 15) is 0 Å². The molecule has 1 heterocycles. The zero-order valence-corrected chi connectivity index (χ0v) is 24.9. The molecule has 4 heteroatoms. The fourth-order valence-electron chi connectivity index (χ4n) is 9.51. The molecule has 4 fully saturated rings. The average molecular weight is 522 g/mol. The van der Waals surface area contributed by atoms with Crippen LogP contribution in [0.25, 0.3) is 0 Å². The first kappa shape index (κ1) is 27.3. The van der Waals surface area contributed by atoms with Gasteiger partial charge in [-0.05, 0) is 107 Å². The normalized spacial score (nSPS) is 39.6. The number of nitrogens with one attached hydrogen (secondary N) is 1. The van der Waals surface area contributed by atoms with E-state index < -0.39 is 0 Å². The topological polar surface area (TPSA) is 27.6 Å². The predicted molar refractivity (Wildman–Crippen MR) is 162 cm³/mol. The highest BCUT2D eigenvalue weighted by molar-refractivity contribution is 7.80. The second-order valence-corrected chi connectivity index (χ2v) is 14.0. The molecule has 0 aromatic carbocycles. The zero-order valence-electron chi connectivity index (χ0n) is 24.1. The van der Waals surface area contributed by atoms with E-state index in [0.29, 0.717) is 22.8 Å². The Balaban J connectivity index is 1.22. The Morgan fingerprint density at radius 1 is 1.14 bits per heavy atom. The third kappa shape index (κ3) is 4.95. The standard InChI is InChI=1S/C33H51N3S/c1-7-36(19-15-30-31(37)14-18-34-30)23(3)21-35-24(4)27-10-11-28-26-9-8-25-20-22(2)12-16-32(25,5)29(26)13-17-33(27,28)6/h20,26-30,34H,2-3,7-19,21H2,1,4-6H3. The predicted octanol–water partition coefficient (Wildman–Crippen LogP) is 7.54. The van der Waals surface area contributed by atoms with Gasteiger partial charge in [0.1, 0.15) is 0 Å². The first-order valence-corrected chi connectivity index (χ1v) is 15.7. The summed E-state index contributed by atoms with van der Waals surface area (Å²) in [6.07, 6.45) is 15.3. The number of fused-ring (bicyclic) bond motifs is 5. The van der Waals surface area contributed by atoms with E-state index in [2.05, 4.69) is 57.1 Å². The summed E-state index contributed by atoms with van der Waals surface area (Å²) in [4.78, 5) is 8.82. The second kappa shape index (κ2) is 10.7. The number of aliphatic imine (C=N–C) groups is 1. The van der Waals surface area contributed by atoms with Crippen LogP contribution in [0.2, 0.25) is 0 Å². The Labute approximate surface area is 232 Å². The molecular weight excluding hydrogens is 470 g/mol. The van der Waals surface area contributed by atoms with Crippen molar-refractivity contribution in [3.8, 4) is 0 Å². The largest absolute Gasteiger partial charge is 0.374 e. The van der Waals surface area contributed by atoms with Crippen molar-refractivity contribution in [2.24, 2.45) is 39.5 Å². The molecule has 0 radical (unpaired) electrons. The first-order valence-electron chi connectivity index (χ1n) is 15.3. The van der Waals surface area contributed by atoms with Gasteiger partial charge < -0.3 is 10.2 Å². The summed E-state index contributed by atoms with van der Waals surface area (Å²) in [5.41, 5.74) is 6.47. The number of allylic oxidation sites excluding steroid dienone is 3. The second-order valence-electron chi connectivity index (χ2n) is 13.5. The van der Waals surface area contributed by atoms with Crippen LogP contribution < -0.4 is 5.32 Å². The van der Waals surface area contributed by atoms with Crippen molar-refractivity contribution in [2.45, 2.75) is 97.9 Å². The lowest BCUT2D eigenvalue weighted by atomic mass is 9.46. The van der Waals surface area contributed by atoms with Crippen molar-refractivity contribution in [3.63, 3.8) is 0 Å². The summed E-state index contributed by atoms with van der Waals surface area (Å²) >= 11 is 5.54. The summed E-state index contributed by atoms with van der Waals surface area (Å²) in [6.45, 7) is 22.3. The van der Waals surface area contributed by atoms with Crippen molar-refractivity contribution in [1.29, 1.82) is 0 Å². The Morgan fingerprint density at radius 3 is 2.68 bits per heavy atom. The van der Waals surface area contributed by atoms with Crippen LogP contribution in [0.1, 0.15) is 91.9 Å². The van der Waals surface area contributed by atoms with E-state index in [-0.39, 0.29) is 0 Å². The van der Waals surface area contributed by atoms with Gasteiger partial charge in [0.25, 0.3) is 0 Å². The Hall–Kier alpha value is -1.26. The molecule has 0 amide bonds. The molecule has 4 aliphatic carbocycles. The van der Waals surface area contributed by atoms with Gasteiger partial charge >= 0.3 is 0 Å². The zero-order chi connectivity index (χ0) is 26.4. The van der Waals surface area contributed by atoms with Crippen LogP contribution >= 0.6 is 12.2 Å². The van der Waals surface area contributed by atoms with Gasteiger partial charge in [-0.3, -0.25) is 4.99 Å². The van der Waals surface area contributed by atoms with Gasteiger partial charge in [0.05, 0.1) is 6.54 Å². The Morgan fingerprint density at radius 2 is 1.95 bits per heavy atom. The molecule has 5 rings (SSSR count). The van der Waals surface area contributed by atoms with Crippen molar-refractivity contribution in [3.05, 3.63) is 36.1 Å². The molecule has 1 aliphatic heterocycles. The Kier molecular flexibility index (Phi) is 7.91. The fourth-order valence-corrected chi connectivity index (χ4v) is 9.81. The molecule has 0 aromatic heterocycles. The number of thiocarbonyl (C=S) groups is 1. The van der Waals surface area contributed by atoms with Crippen LogP contribution in [0.15, 0.2) is 41.1 Å². The molecule has 0 bridgehead atoms. The maximum absolute atomic E-state index is 5.54. The molecule has 204 valence electrons. The summed E-state index contributed by atoms with van der Waals surface area (Å²) in [5.74, 6) is 3.26. The highest BCUT2D eigenvalue weighted by Gasteiger charge is 2.59. The lowest BCUT2D eigenvalue weighted by molar-refractivity contribution is -0.0417. The van der Waals surface area contributed by atoms with Crippen LogP contribution in [-0.2, 0) is 0 Å². The van der Waals surface area contributed by atoms with Gasteiger partial charge in [-0.1, -0.05) is 56.4 Å². The number of hydrogen-bond acceptors (Lipinski definition) is 4. The van der Waals surface area contributed by atoms with Crippen LogP contribution in [0.3, 0.4) is 0 Å². The quantitative estimate of drug-likeness (QED) is 0.264. The van der Waals surface area contributed by atoms with E-state index in [4.69, 9.17) is 17.2 Å². The number of likely N-dealkylation sites (N-methyl/N-ethyl adjacent to an activating group) is 1. The summed E-state index contributed by atoms with van der Waals surface area (Å²) in [7, 11) is 0. The van der Waals surface area contributed by atoms with E-state index in [1.54, 1.807) is 5.57 Å². The highest BCUT2D eigenvalue weighted by atomic mass is 32.1. The van der Waals surface area contributed by atoms with Gasteiger partial charge in [-0.2, -0.15) is 0 Å². The third-order valence-corrected chi connectivity index (χ3v) is 12.3. The maximum atomic E-state index is 5.54. The molecule has 7 atom stereocenters. The molecule has 1 saturated heterocycles. The van der Waals surface area contributed by atoms with Crippen LogP contribution in [-0.4, -0.2) is 47.7 Å². The van der Waals surface area contributed by atoms with Crippen molar-refractivity contribution in [1.82, 2.24) is 10.2 Å². The lowest BCUT2D eigenvalue weighted by Crippen LogP contribution is -2.50. The van der Waals surface area contributed by atoms with Gasteiger partial charge in [0.15, 0.2) is 0 Å². The molecule has 0 spiro atoms. The Bertz CT molecular complexity index is 994. The SMILES string of the molecule is C=C1C=C2CCC3C(CCC4(C)C(C(C)=NCC(=C)N(CC)CCC5NCCC5=S)CCC34)C2(C)CC1. The van der Waals surface area contributed by atoms with Crippen molar-refractivity contribution >= 4 is 22.8 Å². The van der Waals surface area contributed by atoms with E-state index in [1.165, 1.54) is 67.5 Å². The van der Waals surface area contributed by atoms with Crippen LogP contribution in [0.5, 0.6) is 0 Å². The number of hydrogen-bond donors (Lipinski definition) is 1. The molecule has 3 nitrogen and oxygen atoms in total. The van der Waals surface area contributed by atoms with Gasteiger partial charge in [0.2, 0.25) is 0 Å². The third-order valence-electron chi connectivity index (χ3n) is 11.8. The number of nitrogens with zero attached hydrogens (tertiary/aromatic N) is 2. The highest BCUT2D eigenvalue weighted by Crippen LogP contribution is 2.67. The molecule has 7 unspecified atom stereocenters. The first-order chi connectivity index (χ1) is 17.7. The van der Waals surface area contributed by atoms with Crippen LogP contribution in [0.4, 0.5) is 0 Å². The summed E-state index contributed by atoms with van der Waals surface area (Å²) in [6, 6.07) is 0.397. The molecule has 37 heavy (non-hydrogen) atoms. The number of rotatable bonds is 8. The van der Waals surface area contributed by atoms with Crippen LogP contribution in [0, 0.1) is 34.5 Å². The van der Waals surface area contributed by atoms with E-state index in [0.717, 1.165) is 62.5 Å². The average Bonchev–Trinajstić information content (AvgIpc) is 3.45. The van der Waals surface area contributed by atoms with Gasteiger partial charge in [-0.25, -0.2) is 0 Å². The van der Waals surface area contributed by atoms with Crippen molar-refractivity contribution < 1.29 is 0 Å². The molecule has 1 N–H and O–H groups in total. The lowest BCUT2D eigenvalue weighted by Gasteiger charge is -2.58. The van der Waals surface area contributed by atoms with Gasteiger partial charge in [-0.15, -0.1) is 0 Å². The fraction of sp³-hybridized carbons (Fsp3) is 0.758. The van der Waals surface area contributed by atoms with Gasteiger partial charge in [0, 0.05) is 47.9 Å². The summed E-state index contributed by atoms with van der Waals surface area (Å²) < 4.78 is 0. The smallest absolute Gasteiger partial charge is 0.0781 e. The van der Waals surface area contributed by atoms with E-state index in [1.807, 2.05) is 0 Å². The monoisotopic (exact) mass is 521 g/mol. The minimum Gasteiger partial charge on any atom is -0.374 e. The molecule has 5 aliphatic rings.